The number of nitrogens with one attached hydrogen (secondary N) is 3. The van der Waals surface area contributed by atoms with E-state index in [9.17, 15) is 8.78 Å². The van der Waals surface area contributed by atoms with Gasteiger partial charge in [-0.15, -0.1) is 0 Å². The molecule has 7 heteroatoms. The third kappa shape index (κ3) is 4.86. The van der Waals surface area contributed by atoms with E-state index in [0.29, 0.717) is 19.0 Å². The van der Waals surface area contributed by atoms with Gasteiger partial charge in [-0.25, -0.2) is 8.78 Å². The lowest BCUT2D eigenvalue weighted by molar-refractivity contribution is 0.106. The number of H-pyrrole nitrogens is 1. The van der Waals surface area contributed by atoms with Gasteiger partial charge in [-0.1, -0.05) is 12.1 Å². The van der Waals surface area contributed by atoms with Gasteiger partial charge in [0.2, 0.25) is 0 Å². The number of aliphatic imine (C=N–C) groups is 1. The molecule has 5 nitrogen and oxygen atoms in total. The number of hydrogen-bond acceptors (Lipinski definition) is 2. The van der Waals surface area contributed by atoms with Gasteiger partial charge in [-0.05, 0) is 47.9 Å². The second kappa shape index (κ2) is 9.32. The maximum absolute atomic E-state index is 13.3. The van der Waals surface area contributed by atoms with Gasteiger partial charge in [0.1, 0.15) is 11.6 Å². The summed E-state index contributed by atoms with van der Waals surface area (Å²) in [7, 11) is 3.31. The fraction of sp³-hybridized carbons (Fsp3) is 0.286. The van der Waals surface area contributed by atoms with E-state index >= 15 is 0 Å². The van der Waals surface area contributed by atoms with Crippen molar-refractivity contribution in [2.75, 3.05) is 27.2 Å². The molecule has 0 radical (unpaired) electrons. The Morgan fingerprint density at radius 3 is 2.57 bits per heavy atom. The van der Waals surface area contributed by atoms with Gasteiger partial charge in [-0.2, -0.15) is 0 Å². The summed E-state index contributed by atoms with van der Waals surface area (Å²) >= 11 is 0. The summed E-state index contributed by atoms with van der Waals surface area (Å²) in [6, 6.07) is 11.0. The SMILES string of the molecule is CN=C(NCCc1c[nH]c2cc(F)ccc12)NCC(OC)c1ccc(F)cc1. The molecule has 0 aliphatic carbocycles. The van der Waals surface area contributed by atoms with Crippen LogP contribution < -0.4 is 10.6 Å². The maximum Gasteiger partial charge on any atom is 0.191 e. The fourth-order valence-electron chi connectivity index (χ4n) is 3.11. The molecule has 1 heterocycles. The van der Waals surface area contributed by atoms with Crippen molar-refractivity contribution in [1.29, 1.82) is 0 Å². The molecule has 3 N–H and O–H groups in total. The fourth-order valence-corrected chi connectivity index (χ4v) is 3.11. The smallest absolute Gasteiger partial charge is 0.191 e. The third-order valence-electron chi connectivity index (χ3n) is 4.62. The van der Waals surface area contributed by atoms with E-state index in [-0.39, 0.29) is 17.7 Å². The van der Waals surface area contributed by atoms with E-state index in [0.717, 1.165) is 28.5 Å². The Kier molecular flexibility index (Phi) is 6.60. The molecule has 0 aliphatic heterocycles. The number of rotatable bonds is 7. The highest BCUT2D eigenvalue weighted by Gasteiger charge is 2.11. The zero-order chi connectivity index (χ0) is 19.9. The molecule has 0 amide bonds. The van der Waals surface area contributed by atoms with Crippen LogP contribution in [0.4, 0.5) is 8.78 Å². The molecule has 3 rings (SSSR count). The Bertz CT molecular complexity index is 937. The molecule has 2 aromatic carbocycles. The number of benzene rings is 2. The molecule has 1 atom stereocenters. The molecule has 28 heavy (non-hydrogen) atoms. The molecule has 1 aromatic heterocycles. The number of nitrogens with zero attached hydrogens (tertiary/aromatic N) is 1. The Hall–Kier alpha value is -2.93. The van der Waals surface area contributed by atoms with E-state index < -0.39 is 0 Å². The lowest BCUT2D eigenvalue weighted by atomic mass is 10.1. The quantitative estimate of drug-likeness (QED) is 0.430. The summed E-state index contributed by atoms with van der Waals surface area (Å²) in [6.45, 7) is 1.16. The van der Waals surface area contributed by atoms with Crippen molar-refractivity contribution in [1.82, 2.24) is 15.6 Å². The Labute approximate surface area is 162 Å². The second-order valence-electron chi connectivity index (χ2n) is 6.41. The number of methoxy groups -OCH3 is 1. The van der Waals surface area contributed by atoms with Crippen LogP contribution >= 0.6 is 0 Å². The zero-order valence-electron chi connectivity index (χ0n) is 15.9. The van der Waals surface area contributed by atoms with Gasteiger partial charge >= 0.3 is 0 Å². The average Bonchev–Trinajstić information content (AvgIpc) is 3.10. The van der Waals surface area contributed by atoms with Gasteiger partial charge in [0.25, 0.3) is 0 Å². The first-order chi connectivity index (χ1) is 13.6. The highest BCUT2D eigenvalue weighted by Crippen LogP contribution is 2.19. The standard InChI is InChI=1S/C21H24F2N4O/c1-24-21(27-13-20(28-2)14-3-5-16(22)6-4-14)25-10-9-15-12-26-19-11-17(23)7-8-18(15)19/h3-8,11-12,20,26H,9-10,13H2,1-2H3,(H2,24,25,27). The van der Waals surface area contributed by atoms with E-state index in [4.69, 9.17) is 4.74 Å². The normalized spacial score (nSPS) is 12.9. The minimum atomic E-state index is -0.274. The predicted octanol–water partition coefficient (Wildman–Crippen LogP) is 3.54. The third-order valence-corrected chi connectivity index (χ3v) is 4.62. The lowest BCUT2D eigenvalue weighted by Crippen LogP contribution is -2.40. The predicted molar refractivity (Wildman–Crippen MR) is 107 cm³/mol. The van der Waals surface area contributed by atoms with Gasteiger partial charge < -0.3 is 20.4 Å². The molecule has 148 valence electrons. The molecule has 0 saturated carbocycles. The van der Waals surface area contributed by atoms with Crippen LogP contribution in [0.1, 0.15) is 17.2 Å². The second-order valence-corrected chi connectivity index (χ2v) is 6.41. The monoisotopic (exact) mass is 386 g/mol. The Morgan fingerprint density at radius 2 is 1.86 bits per heavy atom. The summed E-state index contributed by atoms with van der Waals surface area (Å²) in [5, 5.41) is 7.50. The number of guanidine groups is 1. The first-order valence-corrected chi connectivity index (χ1v) is 9.09. The van der Waals surface area contributed by atoms with Crippen LogP contribution in [-0.4, -0.2) is 38.2 Å². The molecule has 0 fully saturated rings. The van der Waals surface area contributed by atoms with Crippen LogP contribution in [0.3, 0.4) is 0 Å². The van der Waals surface area contributed by atoms with E-state index in [1.54, 1.807) is 32.4 Å². The van der Waals surface area contributed by atoms with Crippen molar-refractivity contribution in [2.24, 2.45) is 4.99 Å². The lowest BCUT2D eigenvalue weighted by Gasteiger charge is -2.18. The molecule has 0 spiro atoms. The van der Waals surface area contributed by atoms with Crippen LogP contribution in [0.25, 0.3) is 10.9 Å². The number of halogens is 2. The summed E-state index contributed by atoms with van der Waals surface area (Å²) < 4.78 is 31.9. The average molecular weight is 386 g/mol. The summed E-state index contributed by atoms with van der Waals surface area (Å²) in [4.78, 5) is 7.31. The van der Waals surface area contributed by atoms with Crippen LogP contribution in [0.5, 0.6) is 0 Å². The molecule has 3 aromatic rings. The molecule has 0 aliphatic rings. The molecular formula is C21H24F2N4O. The van der Waals surface area contributed by atoms with E-state index in [1.165, 1.54) is 24.3 Å². The number of ether oxygens (including phenoxy) is 1. The van der Waals surface area contributed by atoms with Crippen molar-refractivity contribution >= 4 is 16.9 Å². The highest BCUT2D eigenvalue weighted by molar-refractivity contribution is 5.83. The van der Waals surface area contributed by atoms with Crippen molar-refractivity contribution in [3.63, 3.8) is 0 Å². The van der Waals surface area contributed by atoms with E-state index in [1.807, 2.05) is 6.20 Å². The van der Waals surface area contributed by atoms with Gasteiger partial charge in [0, 0.05) is 44.3 Å². The van der Waals surface area contributed by atoms with E-state index in [2.05, 4.69) is 20.6 Å². The first-order valence-electron chi connectivity index (χ1n) is 9.09. The van der Waals surface area contributed by atoms with Crippen LogP contribution in [0.2, 0.25) is 0 Å². The molecule has 0 bridgehead atoms. The Morgan fingerprint density at radius 1 is 1.11 bits per heavy atom. The maximum atomic E-state index is 13.3. The largest absolute Gasteiger partial charge is 0.375 e. The zero-order valence-corrected chi connectivity index (χ0v) is 15.9. The van der Waals surface area contributed by atoms with Crippen LogP contribution in [0, 0.1) is 11.6 Å². The number of hydrogen-bond donors (Lipinski definition) is 3. The van der Waals surface area contributed by atoms with Gasteiger partial charge in [0.05, 0.1) is 6.10 Å². The number of aromatic nitrogens is 1. The van der Waals surface area contributed by atoms with Crippen molar-refractivity contribution in [3.05, 3.63) is 71.4 Å². The van der Waals surface area contributed by atoms with Gasteiger partial charge in [-0.3, -0.25) is 4.99 Å². The van der Waals surface area contributed by atoms with Crippen molar-refractivity contribution in [3.8, 4) is 0 Å². The topological polar surface area (TPSA) is 61.4 Å². The van der Waals surface area contributed by atoms with Crippen molar-refractivity contribution < 1.29 is 13.5 Å². The Balaban J connectivity index is 1.52. The summed E-state index contributed by atoms with van der Waals surface area (Å²) in [5.41, 5.74) is 2.79. The van der Waals surface area contributed by atoms with Crippen LogP contribution in [-0.2, 0) is 11.2 Å². The molecule has 1 unspecified atom stereocenters. The molecular weight excluding hydrogens is 362 g/mol. The molecule has 0 saturated heterocycles. The summed E-state index contributed by atoms with van der Waals surface area (Å²) in [6.07, 6.45) is 2.44. The van der Waals surface area contributed by atoms with Crippen LogP contribution in [0.15, 0.2) is 53.7 Å². The number of fused-ring (bicyclic) bond motifs is 1. The highest BCUT2D eigenvalue weighted by atomic mass is 19.1. The minimum Gasteiger partial charge on any atom is -0.375 e. The minimum absolute atomic E-state index is 0.220. The summed E-state index contributed by atoms with van der Waals surface area (Å²) in [5.74, 6) is 0.122. The van der Waals surface area contributed by atoms with Crippen molar-refractivity contribution in [2.45, 2.75) is 12.5 Å². The number of aromatic amines is 1. The first kappa shape index (κ1) is 19.8. The van der Waals surface area contributed by atoms with Gasteiger partial charge in [0.15, 0.2) is 5.96 Å².